The Hall–Kier alpha value is -1.50. The van der Waals surface area contributed by atoms with E-state index in [2.05, 4.69) is 16.3 Å². The number of pyridine rings is 1. The minimum Gasteiger partial charge on any atom is -0.389 e. The van der Waals surface area contributed by atoms with Gasteiger partial charge >= 0.3 is 0 Å². The quantitative estimate of drug-likeness (QED) is 0.830. The Kier molecular flexibility index (Phi) is 5.81. The molecule has 6 nitrogen and oxygen atoms in total. The van der Waals surface area contributed by atoms with E-state index in [0.717, 1.165) is 37.3 Å². The number of ether oxygens (including phenoxy) is 1. The average Bonchev–Trinajstić information content (AvgIpc) is 3.06. The minimum absolute atomic E-state index is 0.0489. The van der Waals surface area contributed by atoms with Crippen LogP contribution in [-0.2, 0) is 16.0 Å². The molecule has 3 heterocycles. The molecule has 3 rings (SSSR count). The monoisotopic (exact) mass is 333 g/mol. The lowest BCUT2D eigenvalue weighted by Crippen LogP contribution is -2.46. The van der Waals surface area contributed by atoms with Gasteiger partial charge in [-0.2, -0.15) is 0 Å². The van der Waals surface area contributed by atoms with Crippen molar-refractivity contribution in [2.24, 2.45) is 0 Å². The van der Waals surface area contributed by atoms with Gasteiger partial charge in [0.05, 0.1) is 25.4 Å². The summed E-state index contributed by atoms with van der Waals surface area (Å²) in [4.78, 5) is 18.5. The molecule has 2 N–H and O–H groups in total. The summed E-state index contributed by atoms with van der Waals surface area (Å²) >= 11 is 0. The highest BCUT2D eigenvalue weighted by molar-refractivity contribution is 5.75. The third kappa shape index (κ3) is 4.12. The number of amides is 1. The van der Waals surface area contributed by atoms with E-state index in [-0.39, 0.29) is 18.1 Å². The Bertz CT molecular complexity index is 558. The molecule has 2 saturated heterocycles. The van der Waals surface area contributed by atoms with Crippen LogP contribution in [0.3, 0.4) is 0 Å². The summed E-state index contributed by atoms with van der Waals surface area (Å²) in [5, 5.41) is 12.6. The second-order valence-electron chi connectivity index (χ2n) is 6.71. The summed E-state index contributed by atoms with van der Waals surface area (Å²) in [5.41, 5.74) is 2.12. The van der Waals surface area contributed by atoms with Gasteiger partial charge in [-0.15, -0.1) is 0 Å². The van der Waals surface area contributed by atoms with Gasteiger partial charge in [0, 0.05) is 30.8 Å². The molecule has 2 aliphatic rings. The Morgan fingerprint density at radius 2 is 2.17 bits per heavy atom. The van der Waals surface area contributed by atoms with E-state index in [1.165, 1.54) is 0 Å². The Morgan fingerprint density at radius 1 is 1.38 bits per heavy atom. The highest BCUT2D eigenvalue weighted by Crippen LogP contribution is 2.29. The topological polar surface area (TPSA) is 74.7 Å². The lowest BCUT2D eigenvalue weighted by Gasteiger charge is -2.36. The van der Waals surface area contributed by atoms with Crippen molar-refractivity contribution in [2.45, 2.75) is 43.7 Å². The number of likely N-dealkylation sites (tertiary alicyclic amines) is 1. The molecule has 0 bridgehead atoms. The Labute approximate surface area is 143 Å². The largest absolute Gasteiger partial charge is 0.389 e. The van der Waals surface area contributed by atoms with Gasteiger partial charge in [-0.3, -0.25) is 14.7 Å². The number of piperidine rings is 1. The number of carbonyl (C=O) groups is 1. The lowest BCUT2D eigenvalue weighted by molar-refractivity contribution is -0.120. The van der Waals surface area contributed by atoms with Crippen molar-refractivity contribution in [1.82, 2.24) is 15.2 Å². The maximum absolute atomic E-state index is 11.4. The first-order chi connectivity index (χ1) is 11.7. The molecule has 2 aliphatic heterocycles. The van der Waals surface area contributed by atoms with Crippen LogP contribution in [0.1, 0.15) is 36.6 Å². The predicted molar refractivity (Wildman–Crippen MR) is 90.8 cm³/mol. The third-order valence-electron chi connectivity index (χ3n) is 5.15. The van der Waals surface area contributed by atoms with Gasteiger partial charge in [0.25, 0.3) is 0 Å². The second-order valence-corrected chi connectivity index (χ2v) is 6.71. The average molecular weight is 333 g/mol. The standard InChI is InChI=1S/C18H27N3O3/c1-19-18(23)6-5-14-3-2-4-15(20-14)13-7-9-21(10-8-13)16-11-24-12-17(16)22/h2-4,13,16-17,22H,5-12H2,1H3,(H,19,23). The van der Waals surface area contributed by atoms with Gasteiger partial charge in [-0.05, 0) is 44.5 Å². The number of aromatic nitrogens is 1. The van der Waals surface area contributed by atoms with Crippen molar-refractivity contribution < 1.29 is 14.6 Å². The van der Waals surface area contributed by atoms with E-state index in [0.29, 0.717) is 32.0 Å². The van der Waals surface area contributed by atoms with E-state index >= 15 is 0 Å². The molecular formula is C18H27N3O3. The molecule has 0 saturated carbocycles. The molecule has 24 heavy (non-hydrogen) atoms. The van der Waals surface area contributed by atoms with Crippen LogP contribution >= 0.6 is 0 Å². The number of carbonyl (C=O) groups excluding carboxylic acids is 1. The van der Waals surface area contributed by atoms with Gasteiger partial charge < -0.3 is 15.2 Å². The fourth-order valence-electron chi connectivity index (χ4n) is 3.64. The number of aliphatic hydroxyl groups is 1. The van der Waals surface area contributed by atoms with Crippen molar-refractivity contribution in [3.63, 3.8) is 0 Å². The molecule has 2 unspecified atom stereocenters. The second kappa shape index (κ2) is 8.05. The predicted octanol–water partition coefficient (Wildman–Crippen LogP) is 0.699. The summed E-state index contributed by atoms with van der Waals surface area (Å²) < 4.78 is 5.37. The zero-order valence-corrected chi connectivity index (χ0v) is 14.3. The summed E-state index contributed by atoms with van der Waals surface area (Å²) in [5.74, 6) is 0.508. The van der Waals surface area contributed by atoms with E-state index in [9.17, 15) is 9.90 Å². The van der Waals surface area contributed by atoms with Crippen LogP contribution in [0.4, 0.5) is 0 Å². The van der Waals surface area contributed by atoms with Crippen LogP contribution in [0.15, 0.2) is 18.2 Å². The molecule has 1 aromatic rings. The lowest BCUT2D eigenvalue weighted by atomic mass is 9.91. The van der Waals surface area contributed by atoms with E-state index in [1.807, 2.05) is 12.1 Å². The fraction of sp³-hybridized carbons (Fsp3) is 0.667. The molecule has 132 valence electrons. The summed E-state index contributed by atoms with van der Waals surface area (Å²) in [6, 6.07) is 6.28. The van der Waals surface area contributed by atoms with E-state index < -0.39 is 0 Å². The number of nitrogens with zero attached hydrogens (tertiary/aromatic N) is 2. The normalized spacial score (nSPS) is 25.8. The molecule has 0 aliphatic carbocycles. The van der Waals surface area contributed by atoms with Gasteiger partial charge in [0.15, 0.2) is 0 Å². The molecular weight excluding hydrogens is 306 g/mol. The zero-order valence-electron chi connectivity index (χ0n) is 14.3. The maximum Gasteiger partial charge on any atom is 0.220 e. The molecule has 6 heteroatoms. The van der Waals surface area contributed by atoms with Crippen molar-refractivity contribution in [3.05, 3.63) is 29.6 Å². The third-order valence-corrected chi connectivity index (χ3v) is 5.15. The van der Waals surface area contributed by atoms with Crippen molar-refractivity contribution in [3.8, 4) is 0 Å². The Morgan fingerprint density at radius 3 is 2.83 bits per heavy atom. The first kappa shape index (κ1) is 17.3. The number of hydrogen-bond acceptors (Lipinski definition) is 5. The first-order valence-corrected chi connectivity index (χ1v) is 8.83. The first-order valence-electron chi connectivity index (χ1n) is 8.83. The number of aliphatic hydroxyl groups excluding tert-OH is 1. The van der Waals surface area contributed by atoms with Crippen LogP contribution in [0.2, 0.25) is 0 Å². The highest BCUT2D eigenvalue weighted by atomic mass is 16.5. The minimum atomic E-state index is -0.354. The van der Waals surface area contributed by atoms with Gasteiger partial charge in [-0.25, -0.2) is 0 Å². The van der Waals surface area contributed by atoms with Crippen LogP contribution in [-0.4, -0.2) is 66.4 Å². The van der Waals surface area contributed by atoms with Crippen LogP contribution < -0.4 is 5.32 Å². The molecule has 0 radical (unpaired) electrons. The summed E-state index contributed by atoms with van der Waals surface area (Å²) in [7, 11) is 1.66. The van der Waals surface area contributed by atoms with Gasteiger partial charge in [0.2, 0.25) is 5.91 Å². The number of hydrogen-bond donors (Lipinski definition) is 2. The van der Waals surface area contributed by atoms with Crippen LogP contribution in [0, 0.1) is 0 Å². The van der Waals surface area contributed by atoms with E-state index in [4.69, 9.17) is 9.72 Å². The SMILES string of the molecule is CNC(=O)CCc1cccc(C2CCN(C3COCC3O)CC2)n1. The zero-order chi connectivity index (χ0) is 16.9. The summed E-state index contributed by atoms with van der Waals surface area (Å²) in [6.07, 6.45) is 2.90. The van der Waals surface area contributed by atoms with Crippen molar-refractivity contribution in [1.29, 1.82) is 0 Å². The maximum atomic E-state index is 11.4. The number of nitrogens with one attached hydrogen (secondary N) is 1. The van der Waals surface area contributed by atoms with Crippen LogP contribution in [0.5, 0.6) is 0 Å². The molecule has 0 aromatic carbocycles. The molecule has 2 atom stereocenters. The molecule has 2 fully saturated rings. The Balaban J connectivity index is 1.55. The smallest absolute Gasteiger partial charge is 0.220 e. The number of rotatable bonds is 5. The van der Waals surface area contributed by atoms with Crippen molar-refractivity contribution in [2.75, 3.05) is 33.4 Å². The molecule has 0 spiro atoms. The number of aryl methyl sites for hydroxylation is 1. The molecule has 1 amide bonds. The summed E-state index contributed by atoms with van der Waals surface area (Å²) in [6.45, 7) is 3.04. The van der Waals surface area contributed by atoms with E-state index in [1.54, 1.807) is 7.05 Å². The van der Waals surface area contributed by atoms with Crippen molar-refractivity contribution >= 4 is 5.91 Å². The molecule has 1 aromatic heterocycles. The van der Waals surface area contributed by atoms with Gasteiger partial charge in [0.1, 0.15) is 0 Å². The van der Waals surface area contributed by atoms with Gasteiger partial charge in [-0.1, -0.05) is 6.07 Å². The fourth-order valence-corrected chi connectivity index (χ4v) is 3.64. The van der Waals surface area contributed by atoms with Crippen LogP contribution in [0.25, 0.3) is 0 Å². The highest BCUT2D eigenvalue weighted by Gasteiger charge is 2.34.